The first-order valence-corrected chi connectivity index (χ1v) is 12.1. The van der Waals surface area contributed by atoms with Gasteiger partial charge in [-0.1, -0.05) is 6.07 Å². The van der Waals surface area contributed by atoms with Crippen molar-refractivity contribution in [3.05, 3.63) is 93.4 Å². The number of ether oxygens (including phenoxy) is 1. The molecule has 4 aromatic rings. The Morgan fingerprint density at radius 1 is 1.03 bits per heavy atom. The van der Waals surface area contributed by atoms with Crippen LogP contribution < -0.4 is 11.5 Å². The number of rotatable bonds is 6. The van der Waals surface area contributed by atoms with Crippen LogP contribution in [-0.4, -0.2) is 33.7 Å². The molecular formula is C26H23FIN5O2. The Labute approximate surface area is 215 Å². The standard InChI is InChI=1S/C26H23FIN5O2/c27-18-4-2-17(3-5-18)25-21(14-33(31-25)20-8-6-19(28)7-9-20)26-32(24(34)15-35-26)12-11-16-1-10-22(29)23(30)13-16/h1-10,13-14,26H,11-12,15,29-30H2. The number of amides is 1. The summed E-state index contributed by atoms with van der Waals surface area (Å²) >= 11 is 2.25. The molecule has 1 fully saturated rings. The van der Waals surface area contributed by atoms with E-state index >= 15 is 0 Å². The predicted molar refractivity (Wildman–Crippen MR) is 141 cm³/mol. The number of anilines is 2. The number of aromatic nitrogens is 2. The van der Waals surface area contributed by atoms with Crippen LogP contribution in [0.5, 0.6) is 0 Å². The summed E-state index contributed by atoms with van der Waals surface area (Å²) in [5.41, 5.74) is 16.8. The highest BCUT2D eigenvalue weighted by Gasteiger charge is 2.36. The number of hydrogen-bond acceptors (Lipinski definition) is 5. The highest BCUT2D eigenvalue weighted by atomic mass is 127. The van der Waals surface area contributed by atoms with E-state index in [1.165, 1.54) is 12.1 Å². The topological polar surface area (TPSA) is 99.4 Å². The van der Waals surface area contributed by atoms with Crippen LogP contribution in [0.15, 0.2) is 72.9 Å². The van der Waals surface area contributed by atoms with Gasteiger partial charge in [0.05, 0.1) is 17.1 Å². The summed E-state index contributed by atoms with van der Waals surface area (Å²) in [5.74, 6) is -0.436. The molecule has 9 heteroatoms. The van der Waals surface area contributed by atoms with Crippen molar-refractivity contribution in [2.75, 3.05) is 24.6 Å². The van der Waals surface area contributed by atoms with E-state index in [9.17, 15) is 9.18 Å². The maximum absolute atomic E-state index is 13.6. The first-order valence-electron chi connectivity index (χ1n) is 11.1. The summed E-state index contributed by atoms with van der Waals surface area (Å²) in [5, 5.41) is 4.80. The van der Waals surface area contributed by atoms with Crippen molar-refractivity contribution in [1.82, 2.24) is 14.7 Å². The zero-order valence-electron chi connectivity index (χ0n) is 18.7. The smallest absolute Gasteiger partial charge is 0.250 e. The summed E-state index contributed by atoms with van der Waals surface area (Å²) in [6.45, 7) is 0.413. The second-order valence-electron chi connectivity index (χ2n) is 8.32. The first kappa shape index (κ1) is 23.3. The SMILES string of the molecule is Nc1ccc(CCN2C(=O)COC2c2cn(-c3ccc(I)cc3)nc2-c2ccc(F)cc2)cc1N. The molecule has 3 aromatic carbocycles. The Bertz CT molecular complexity index is 1370. The van der Waals surface area contributed by atoms with Gasteiger partial charge in [-0.05, 0) is 95.2 Å². The molecule has 1 aromatic heterocycles. The molecule has 1 atom stereocenters. The molecule has 0 saturated carbocycles. The summed E-state index contributed by atoms with van der Waals surface area (Å²) < 4.78 is 22.4. The Kier molecular flexibility index (Phi) is 6.44. The van der Waals surface area contributed by atoms with Crippen LogP contribution in [-0.2, 0) is 16.0 Å². The molecule has 7 nitrogen and oxygen atoms in total. The van der Waals surface area contributed by atoms with Gasteiger partial charge < -0.3 is 21.1 Å². The second-order valence-corrected chi connectivity index (χ2v) is 9.57. The number of carbonyl (C=O) groups excluding carboxylic acids is 1. The Hall–Kier alpha value is -3.44. The fourth-order valence-electron chi connectivity index (χ4n) is 4.11. The summed E-state index contributed by atoms with van der Waals surface area (Å²) in [7, 11) is 0. The molecule has 178 valence electrons. The van der Waals surface area contributed by atoms with E-state index in [0.717, 1.165) is 25.9 Å². The van der Waals surface area contributed by atoms with Gasteiger partial charge in [0.1, 0.15) is 18.1 Å². The van der Waals surface area contributed by atoms with Crippen LogP contribution in [0, 0.1) is 9.39 Å². The van der Waals surface area contributed by atoms with Gasteiger partial charge in [-0.3, -0.25) is 4.79 Å². The molecule has 0 aliphatic carbocycles. The van der Waals surface area contributed by atoms with Crippen molar-refractivity contribution in [1.29, 1.82) is 0 Å². The molecule has 1 amide bonds. The maximum atomic E-state index is 13.6. The van der Waals surface area contributed by atoms with Crippen molar-refractivity contribution >= 4 is 39.9 Å². The number of halogens is 2. The van der Waals surface area contributed by atoms with E-state index in [-0.39, 0.29) is 18.3 Å². The van der Waals surface area contributed by atoms with Crippen LogP contribution >= 0.6 is 22.6 Å². The minimum atomic E-state index is -0.619. The molecular weight excluding hydrogens is 560 g/mol. The Balaban J connectivity index is 1.50. The third-order valence-corrected chi connectivity index (χ3v) is 6.70. The van der Waals surface area contributed by atoms with E-state index < -0.39 is 6.23 Å². The summed E-state index contributed by atoms with van der Waals surface area (Å²) in [6.07, 6.45) is 1.84. The number of nitrogens with zero attached hydrogens (tertiary/aromatic N) is 3. The molecule has 1 saturated heterocycles. The lowest BCUT2D eigenvalue weighted by atomic mass is 10.1. The predicted octanol–water partition coefficient (Wildman–Crippen LogP) is 4.55. The molecule has 5 rings (SSSR count). The monoisotopic (exact) mass is 583 g/mol. The third-order valence-electron chi connectivity index (χ3n) is 5.98. The van der Waals surface area contributed by atoms with Crippen LogP contribution in [0.3, 0.4) is 0 Å². The Morgan fingerprint density at radius 3 is 2.49 bits per heavy atom. The zero-order chi connectivity index (χ0) is 24.5. The van der Waals surface area contributed by atoms with Crippen molar-refractivity contribution in [3.63, 3.8) is 0 Å². The minimum absolute atomic E-state index is 0.0217. The van der Waals surface area contributed by atoms with E-state index in [4.69, 9.17) is 21.3 Å². The lowest BCUT2D eigenvalue weighted by molar-refractivity contribution is -0.128. The molecule has 35 heavy (non-hydrogen) atoms. The average molecular weight is 583 g/mol. The van der Waals surface area contributed by atoms with Crippen LogP contribution in [0.4, 0.5) is 15.8 Å². The first-order chi connectivity index (χ1) is 16.9. The number of benzene rings is 3. The molecule has 4 N–H and O–H groups in total. The van der Waals surface area contributed by atoms with E-state index in [1.54, 1.807) is 27.8 Å². The molecule has 0 bridgehead atoms. The largest absolute Gasteiger partial charge is 0.397 e. The molecule has 2 heterocycles. The quantitative estimate of drug-likeness (QED) is 0.257. The average Bonchev–Trinajstić information content (AvgIpc) is 3.44. The van der Waals surface area contributed by atoms with Gasteiger partial charge in [0, 0.05) is 27.4 Å². The van der Waals surface area contributed by atoms with E-state index in [2.05, 4.69) is 22.6 Å². The number of nitrogens with two attached hydrogens (primary N) is 2. The number of carbonyl (C=O) groups is 1. The minimum Gasteiger partial charge on any atom is -0.397 e. The van der Waals surface area contributed by atoms with Gasteiger partial charge in [0.15, 0.2) is 6.23 Å². The normalized spacial score (nSPS) is 15.7. The fourth-order valence-corrected chi connectivity index (χ4v) is 4.47. The van der Waals surface area contributed by atoms with Crippen LogP contribution in [0.1, 0.15) is 17.4 Å². The van der Waals surface area contributed by atoms with Crippen molar-refractivity contribution in [3.8, 4) is 16.9 Å². The molecule has 0 radical (unpaired) electrons. The van der Waals surface area contributed by atoms with Crippen LogP contribution in [0.2, 0.25) is 0 Å². The van der Waals surface area contributed by atoms with Gasteiger partial charge in [-0.15, -0.1) is 0 Å². The van der Waals surface area contributed by atoms with Gasteiger partial charge in [0.25, 0.3) is 5.91 Å². The van der Waals surface area contributed by atoms with Gasteiger partial charge in [0.2, 0.25) is 0 Å². The van der Waals surface area contributed by atoms with Crippen molar-refractivity contribution < 1.29 is 13.9 Å². The highest BCUT2D eigenvalue weighted by Crippen LogP contribution is 2.35. The van der Waals surface area contributed by atoms with E-state index in [1.807, 2.05) is 42.6 Å². The molecule has 0 spiro atoms. The zero-order valence-corrected chi connectivity index (χ0v) is 20.9. The van der Waals surface area contributed by atoms with Crippen LogP contribution in [0.25, 0.3) is 16.9 Å². The number of hydrogen-bond donors (Lipinski definition) is 2. The second kappa shape index (κ2) is 9.67. The van der Waals surface area contributed by atoms with Crippen molar-refractivity contribution in [2.24, 2.45) is 0 Å². The van der Waals surface area contributed by atoms with Gasteiger partial charge in [-0.25, -0.2) is 9.07 Å². The summed E-state index contributed by atoms with van der Waals surface area (Å²) in [6, 6.07) is 19.6. The highest BCUT2D eigenvalue weighted by molar-refractivity contribution is 14.1. The molecule has 1 aliphatic heterocycles. The lowest BCUT2D eigenvalue weighted by Crippen LogP contribution is -2.30. The van der Waals surface area contributed by atoms with Gasteiger partial charge >= 0.3 is 0 Å². The lowest BCUT2D eigenvalue weighted by Gasteiger charge is -2.23. The molecule has 1 aliphatic rings. The Morgan fingerprint density at radius 2 is 1.77 bits per heavy atom. The number of nitrogen functional groups attached to an aromatic ring is 2. The third kappa shape index (κ3) is 4.87. The van der Waals surface area contributed by atoms with Crippen molar-refractivity contribution in [2.45, 2.75) is 12.6 Å². The maximum Gasteiger partial charge on any atom is 0.250 e. The van der Waals surface area contributed by atoms with Gasteiger partial charge in [-0.2, -0.15) is 5.10 Å². The summed E-state index contributed by atoms with van der Waals surface area (Å²) in [4.78, 5) is 14.5. The fraction of sp³-hybridized carbons (Fsp3) is 0.154. The van der Waals surface area contributed by atoms with E-state index in [0.29, 0.717) is 30.0 Å². The molecule has 1 unspecified atom stereocenters.